The zero-order valence-corrected chi connectivity index (χ0v) is 14.1. The number of anilines is 2. The van der Waals surface area contributed by atoms with Crippen LogP contribution in [0.15, 0.2) is 42.7 Å². The molecule has 1 aliphatic heterocycles. The van der Waals surface area contributed by atoms with E-state index in [1.165, 1.54) is 0 Å². The lowest BCUT2D eigenvalue weighted by Crippen LogP contribution is -2.35. The predicted octanol–water partition coefficient (Wildman–Crippen LogP) is 2.35. The molecule has 0 atom stereocenters. The molecule has 1 aromatic heterocycles. The number of hydrogen-bond donors (Lipinski definition) is 2. The number of amides is 2. The highest BCUT2D eigenvalue weighted by atomic mass is 16.2. The molecule has 1 aromatic carbocycles. The molecule has 0 radical (unpaired) electrons. The summed E-state index contributed by atoms with van der Waals surface area (Å²) >= 11 is 0. The maximum atomic E-state index is 12.8. The van der Waals surface area contributed by atoms with Crippen molar-refractivity contribution >= 4 is 23.2 Å². The number of carbonyl (C=O) groups is 2. The maximum Gasteiger partial charge on any atom is 0.259 e. The van der Waals surface area contributed by atoms with Gasteiger partial charge in [0.2, 0.25) is 5.91 Å². The van der Waals surface area contributed by atoms with Crippen molar-refractivity contribution in [2.45, 2.75) is 25.7 Å². The molecule has 0 fully saturated rings. The molecule has 2 amide bonds. The molecule has 0 saturated carbocycles. The van der Waals surface area contributed by atoms with Gasteiger partial charge in [0.25, 0.3) is 5.91 Å². The van der Waals surface area contributed by atoms with Crippen LogP contribution in [0.5, 0.6) is 0 Å². The predicted molar refractivity (Wildman–Crippen MR) is 97.6 cm³/mol. The lowest BCUT2D eigenvalue weighted by Gasteiger charge is -2.30. The smallest absolute Gasteiger partial charge is 0.259 e. The first-order chi connectivity index (χ1) is 12.2. The van der Waals surface area contributed by atoms with Crippen molar-refractivity contribution in [3.63, 3.8) is 0 Å². The molecule has 3 rings (SSSR count). The Morgan fingerprint density at radius 2 is 2.16 bits per heavy atom. The molecule has 0 bridgehead atoms. The van der Waals surface area contributed by atoms with Gasteiger partial charge in [-0.3, -0.25) is 14.6 Å². The Kier molecular flexibility index (Phi) is 5.40. The molecule has 6 nitrogen and oxygen atoms in total. The van der Waals surface area contributed by atoms with E-state index < -0.39 is 0 Å². The van der Waals surface area contributed by atoms with Gasteiger partial charge in [-0.1, -0.05) is 6.07 Å². The number of pyridine rings is 1. The van der Waals surface area contributed by atoms with E-state index in [4.69, 9.17) is 5.73 Å². The molecule has 6 heteroatoms. The molecule has 0 aliphatic carbocycles. The second kappa shape index (κ2) is 7.90. The first-order valence-electron chi connectivity index (χ1n) is 8.54. The van der Waals surface area contributed by atoms with E-state index in [0.29, 0.717) is 37.2 Å². The number of hydrogen-bond acceptors (Lipinski definition) is 4. The highest BCUT2D eigenvalue weighted by molar-refractivity contribution is 6.07. The molecule has 1 aliphatic rings. The maximum absolute atomic E-state index is 12.8. The Morgan fingerprint density at radius 1 is 1.28 bits per heavy atom. The highest BCUT2D eigenvalue weighted by Gasteiger charge is 2.24. The summed E-state index contributed by atoms with van der Waals surface area (Å²) in [5.74, 6) is -0.132. The van der Waals surface area contributed by atoms with Crippen LogP contribution in [0.1, 0.15) is 35.2 Å². The fourth-order valence-corrected chi connectivity index (χ4v) is 2.99. The van der Waals surface area contributed by atoms with Gasteiger partial charge >= 0.3 is 0 Å². The summed E-state index contributed by atoms with van der Waals surface area (Å²) in [6, 6.07) is 9.27. The van der Waals surface area contributed by atoms with Crippen molar-refractivity contribution in [1.29, 1.82) is 0 Å². The largest absolute Gasteiger partial charge is 0.330 e. The van der Waals surface area contributed by atoms with Gasteiger partial charge in [-0.05, 0) is 55.6 Å². The van der Waals surface area contributed by atoms with E-state index in [-0.39, 0.29) is 11.8 Å². The molecule has 2 aromatic rings. The number of nitrogens with two attached hydrogens (primary N) is 1. The van der Waals surface area contributed by atoms with Crippen LogP contribution >= 0.6 is 0 Å². The van der Waals surface area contributed by atoms with Crippen molar-refractivity contribution in [3.8, 4) is 0 Å². The molecular formula is C19H22N4O2. The number of nitrogens with one attached hydrogen (secondary N) is 1. The van der Waals surface area contributed by atoms with Gasteiger partial charge in [-0.15, -0.1) is 0 Å². The number of benzene rings is 1. The van der Waals surface area contributed by atoms with E-state index in [9.17, 15) is 9.59 Å². The first kappa shape index (κ1) is 17.1. The third-order valence-corrected chi connectivity index (χ3v) is 4.25. The molecule has 0 unspecified atom stereocenters. The lowest BCUT2D eigenvalue weighted by molar-refractivity contribution is -0.116. The van der Waals surface area contributed by atoms with Gasteiger partial charge in [0.1, 0.15) is 0 Å². The van der Waals surface area contributed by atoms with Crippen LogP contribution in [-0.4, -0.2) is 29.9 Å². The number of carbonyl (C=O) groups excluding carboxylic acids is 2. The summed E-state index contributed by atoms with van der Waals surface area (Å²) in [5, 5.41) is 2.88. The van der Waals surface area contributed by atoms with Crippen molar-refractivity contribution < 1.29 is 9.59 Å². The van der Waals surface area contributed by atoms with Gasteiger partial charge in [-0.2, -0.15) is 0 Å². The number of aryl methyl sites for hydroxylation is 1. The van der Waals surface area contributed by atoms with E-state index in [1.807, 2.05) is 18.2 Å². The van der Waals surface area contributed by atoms with Crippen molar-refractivity contribution in [3.05, 3.63) is 53.9 Å². The Hall–Kier alpha value is -2.73. The normalized spacial score (nSPS) is 13.2. The summed E-state index contributed by atoms with van der Waals surface area (Å²) in [5.41, 5.74) is 8.67. The standard InChI is InChI=1S/C19H22N4O2/c20-9-1-6-18(24)22-16-8-7-14-5-3-11-23(17(14)12-16)19(25)15-4-2-10-21-13-15/h2,4,7-8,10,12-13H,1,3,5-6,9,11,20H2,(H,22,24). The third-order valence-electron chi connectivity index (χ3n) is 4.25. The molecule has 25 heavy (non-hydrogen) atoms. The van der Waals surface area contributed by atoms with E-state index in [2.05, 4.69) is 10.3 Å². The summed E-state index contributed by atoms with van der Waals surface area (Å²) in [7, 11) is 0. The SMILES string of the molecule is NCCCC(=O)Nc1ccc2c(c1)N(C(=O)c1cccnc1)CCC2. The van der Waals surface area contributed by atoms with Gasteiger partial charge in [-0.25, -0.2) is 0 Å². The van der Waals surface area contributed by atoms with Gasteiger partial charge < -0.3 is 16.0 Å². The van der Waals surface area contributed by atoms with E-state index >= 15 is 0 Å². The van der Waals surface area contributed by atoms with Crippen molar-refractivity contribution in [1.82, 2.24) is 4.98 Å². The minimum Gasteiger partial charge on any atom is -0.330 e. The second-order valence-corrected chi connectivity index (χ2v) is 6.09. The number of nitrogens with zero attached hydrogens (tertiary/aromatic N) is 2. The number of rotatable bonds is 5. The average molecular weight is 338 g/mol. The quantitative estimate of drug-likeness (QED) is 0.876. The Bertz CT molecular complexity index is 761. The summed E-state index contributed by atoms with van der Waals surface area (Å²) in [4.78, 5) is 30.5. The molecular weight excluding hydrogens is 316 g/mol. The monoisotopic (exact) mass is 338 g/mol. The molecule has 130 valence electrons. The lowest BCUT2D eigenvalue weighted by atomic mass is 10.00. The Morgan fingerprint density at radius 3 is 2.92 bits per heavy atom. The van der Waals surface area contributed by atoms with Gasteiger partial charge in [0.05, 0.1) is 5.56 Å². The molecule has 0 saturated heterocycles. The average Bonchev–Trinajstić information content (AvgIpc) is 2.66. The summed E-state index contributed by atoms with van der Waals surface area (Å²) in [6.07, 6.45) is 6.12. The van der Waals surface area contributed by atoms with Crippen LogP contribution in [0.4, 0.5) is 11.4 Å². The van der Waals surface area contributed by atoms with Crippen molar-refractivity contribution in [2.75, 3.05) is 23.3 Å². The van der Waals surface area contributed by atoms with E-state index in [1.54, 1.807) is 29.4 Å². The molecule has 0 spiro atoms. The Balaban J connectivity index is 1.83. The van der Waals surface area contributed by atoms with Crippen LogP contribution < -0.4 is 16.0 Å². The third kappa shape index (κ3) is 4.03. The second-order valence-electron chi connectivity index (χ2n) is 6.09. The highest BCUT2D eigenvalue weighted by Crippen LogP contribution is 2.31. The van der Waals surface area contributed by atoms with Crippen LogP contribution in [0, 0.1) is 0 Å². The number of aromatic nitrogens is 1. The molecule has 3 N–H and O–H groups in total. The zero-order valence-electron chi connectivity index (χ0n) is 14.1. The van der Waals surface area contributed by atoms with Crippen LogP contribution in [0.3, 0.4) is 0 Å². The van der Waals surface area contributed by atoms with Gasteiger partial charge in [0.15, 0.2) is 0 Å². The van der Waals surface area contributed by atoms with Crippen LogP contribution in [-0.2, 0) is 11.2 Å². The minimum absolute atomic E-state index is 0.0636. The number of fused-ring (bicyclic) bond motifs is 1. The van der Waals surface area contributed by atoms with Crippen molar-refractivity contribution in [2.24, 2.45) is 5.73 Å². The zero-order chi connectivity index (χ0) is 17.6. The first-order valence-corrected chi connectivity index (χ1v) is 8.54. The Labute approximate surface area is 147 Å². The fourth-order valence-electron chi connectivity index (χ4n) is 2.99. The molecule has 2 heterocycles. The fraction of sp³-hybridized carbons (Fsp3) is 0.316. The summed E-state index contributed by atoms with van der Waals surface area (Å²) in [6.45, 7) is 1.15. The topological polar surface area (TPSA) is 88.3 Å². The van der Waals surface area contributed by atoms with Crippen LogP contribution in [0.2, 0.25) is 0 Å². The van der Waals surface area contributed by atoms with E-state index in [0.717, 1.165) is 24.1 Å². The van der Waals surface area contributed by atoms with Crippen LogP contribution in [0.25, 0.3) is 0 Å². The summed E-state index contributed by atoms with van der Waals surface area (Å²) < 4.78 is 0. The van der Waals surface area contributed by atoms with Gasteiger partial charge in [0, 0.05) is 36.7 Å². The minimum atomic E-state index is -0.0688.